The Morgan fingerprint density at radius 1 is 1.03 bits per heavy atom. The van der Waals surface area contributed by atoms with Crippen molar-refractivity contribution in [2.75, 3.05) is 33.4 Å². The van der Waals surface area contributed by atoms with Crippen LogP contribution in [0, 0.1) is 0 Å². The zero-order valence-corrected chi connectivity index (χ0v) is 18.7. The van der Waals surface area contributed by atoms with E-state index < -0.39 is 0 Å². The summed E-state index contributed by atoms with van der Waals surface area (Å²) in [5.41, 5.74) is 3.56. The van der Waals surface area contributed by atoms with Gasteiger partial charge >= 0.3 is 0 Å². The predicted octanol–water partition coefficient (Wildman–Crippen LogP) is 3.69. The molecule has 0 saturated carbocycles. The van der Waals surface area contributed by atoms with Crippen LogP contribution in [-0.2, 0) is 29.0 Å². The number of benzene rings is 2. The lowest BCUT2D eigenvalue weighted by molar-refractivity contribution is -0.0390. The molecule has 6 heteroatoms. The summed E-state index contributed by atoms with van der Waals surface area (Å²) in [7, 11) is 1.71. The van der Waals surface area contributed by atoms with E-state index in [0.29, 0.717) is 19.3 Å². The highest BCUT2D eigenvalue weighted by atomic mass is 16.5. The lowest BCUT2D eigenvalue weighted by Gasteiger charge is -2.22. The fourth-order valence-electron chi connectivity index (χ4n) is 3.53. The molecule has 2 N–H and O–H groups in total. The summed E-state index contributed by atoms with van der Waals surface area (Å²) in [6.45, 7) is 6.58. The van der Waals surface area contributed by atoms with E-state index in [4.69, 9.17) is 19.2 Å². The second-order valence-corrected chi connectivity index (χ2v) is 7.62. The molecule has 0 aromatic heterocycles. The van der Waals surface area contributed by atoms with E-state index in [0.717, 1.165) is 57.3 Å². The van der Waals surface area contributed by atoms with E-state index in [1.807, 2.05) is 18.2 Å². The van der Waals surface area contributed by atoms with Crippen molar-refractivity contribution in [3.8, 4) is 5.75 Å². The van der Waals surface area contributed by atoms with Crippen LogP contribution in [0.2, 0.25) is 0 Å². The maximum absolute atomic E-state index is 6.00. The Morgan fingerprint density at radius 2 is 1.77 bits per heavy atom. The van der Waals surface area contributed by atoms with Crippen LogP contribution in [0.5, 0.6) is 5.75 Å². The first-order valence-corrected chi connectivity index (χ1v) is 11.2. The first-order chi connectivity index (χ1) is 15.3. The molecule has 0 atom stereocenters. The normalized spacial score (nSPS) is 15.0. The van der Waals surface area contributed by atoms with Crippen molar-refractivity contribution in [1.29, 1.82) is 0 Å². The molecule has 0 radical (unpaired) electrons. The zero-order chi connectivity index (χ0) is 21.7. The van der Waals surface area contributed by atoms with Crippen LogP contribution in [0.3, 0.4) is 0 Å². The average molecular weight is 426 g/mol. The van der Waals surface area contributed by atoms with Crippen molar-refractivity contribution in [1.82, 2.24) is 10.6 Å². The first kappa shape index (κ1) is 23.1. The predicted molar refractivity (Wildman–Crippen MR) is 125 cm³/mol. The van der Waals surface area contributed by atoms with Crippen molar-refractivity contribution in [3.63, 3.8) is 0 Å². The standard InChI is InChI=1S/C25H35N3O3/c1-3-26-25(27-15-12-22-6-4-5-7-24(22)29-2)28-18-20-8-10-21(11-9-20)19-31-23-13-16-30-17-14-23/h4-11,23H,3,12-19H2,1-2H3,(H2,26,27,28). The monoisotopic (exact) mass is 425 g/mol. The summed E-state index contributed by atoms with van der Waals surface area (Å²) in [6.07, 6.45) is 3.17. The molecule has 1 heterocycles. The molecule has 0 amide bonds. The topological polar surface area (TPSA) is 64.1 Å². The van der Waals surface area contributed by atoms with Crippen LogP contribution in [-0.4, -0.2) is 45.5 Å². The smallest absolute Gasteiger partial charge is 0.191 e. The first-order valence-electron chi connectivity index (χ1n) is 11.2. The molecule has 2 aromatic carbocycles. The van der Waals surface area contributed by atoms with E-state index in [2.05, 4.69) is 47.9 Å². The Labute approximate surface area is 186 Å². The summed E-state index contributed by atoms with van der Waals surface area (Å²) in [5.74, 6) is 1.75. The van der Waals surface area contributed by atoms with E-state index in [1.54, 1.807) is 7.11 Å². The highest BCUT2D eigenvalue weighted by molar-refractivity contribution is 5.79. The lowest BCUT2D eigenvalue weighted by atomic mass is 10.1. The van der Waals surface area contributed by atoms with Crippen LogP contribution in [0.4, 0.5) is 0 Å². The molecule has 1 fully saturated rings. The molecule has 168 valence electrons. The molecule has 3 rings (SSSR count). The molecule has 1 saturated heterocycles. The van der Waals surface area contributed by atoms with Crippen molar-refractivity contribution in [2.45, 2.75) is 45.4 Å². The number of ether oxygens (including phenoxy) is 3. The van der Waals surface area contributed by atoms with E-state index in [9.17, 15) is 0 Å². The SMILES string of the molecule is CCNC(=NCc1ccc(COC2CCOCC2)cc1)NCCc1ccccc1OC. The minimum Gasteiger partial charge on any atom is -0.496 e. The van der Waals surface area contributed by atoms with Gasteiger partial charge in [-0.2, -0.15) is 0 Å². The number of aliphatic imine (C=N–C) groups is 1. The second-order valence-electron chi connectivity index (χ2n) is 7.62. The van der Waals surface area contributed by atoms with Gasteiger partial charge in [-0.1, -0.05) is 42.5 Å². The van der Waals surface area contributed by atoms with Crippen molar-refractivity contribution in [3.05, 3.63) is 65.2 Å². The number of nitrogens with one attached hydrogen (secondary N) is 2. The fraction of sp³-hybridized carbons (Fsp3) is 0.480. The molecule has 0 aliphatic carbocycles. The highest BCUT2D eigenvalue weighted by Crippen LogP contribution is 2.17. The van der Waals surface area contributed by atoms with Gasteiger partial charge in [-0.05, 0) is 48.9 Å². The van der Waals surface area contributed by atoms with E-state index in [-0.39, 0.29) is 0 Å². The minimum atomic E-state index is 0.322. The Bertz CT molecular complexity index is 802. The highest BCUT2D eigenvalue weighted by Gasteiger charge is 2.13. The van der Waals surface area contributed by atoms with Gasteiger partial charge in [0, 0.05) is 26.3 Å². The number of rotatable bonds is 10. The number of guanidine groups is 1. The lowest BCUT2D eigenvalue weighted by Crippen LogP contribution is -2.38. The van der Waals surface area contributed by atoms with Crippen LogP contribution in [0.15, 0.2) is 53.5 Å². The Morgan fingerprint density at radius 3 is 2.52 bits per heavy atom. The third-order valence-electron chi connectivity index (χ3n) is 5.32. The summed E-state index contributed by atoms with van der Waals surface area (Å²) in [4.78, 5) is 4.72. The van der Waals surface area contributed by atoms with Gasteiger partial charge in [-0.25, -0.2) is 4.99 Å². The van der Waals surface area contributed by atoms with Crippen LogP contribution in [0.25, 0.3) is 0 Å². The molecule has 31 heavy (non-hydrogen) atoms. The van der Waals surface area contributed by atoms with Gasteiger partial charge in [-0.15, -0.1) is 0 Å². The van der Waals surface area contributed by atoms with Crippen molar-refractivity contribution < 1.29 is 14.2 Å². The van der Waals surface area contributed by atoms with Gasteiger partial charge in [0.15, 0.2) is 5.96 Å². The van der Waals surface area contributed by atoms with Gasteiger partial charge in [0.2, 0.25) is 0 Å². The fourth-order valence-corrected chi connectivity index (χ4v) is 3.53. The molecular weight excluding hydrogens is 390 g/mol. The molecule has 0 bridgehead atoms. The van der Waals surface area contributed by atoms with E-state index in [1.165, 1.54) is 16.7 Å². The maximum atomic E-state index is 6.00. The molecule has 1 aliphatic rings. The number of para-hydroxylation sites is 1. The van der Waals surface area contributed by atoms with Crippen LogP contribution < -0.4 is 15.4 Å². The number of hydrogen-bond acceptors (Lipinski definition) is 4. The molecule has 2 aromatic rings. The molecule has 0 unspecified atom stereocenters. The van der Waals surface area contributed by atoms with Crippen LogP contribution in [0.1, 0.15) is 36.5 Å². The largest absolute Gasteiger partial charge is 0.496 e. The van der Waals surface area contributed by atoms with Gasteiger partial charge in [0.05, 0.1) is 26.4 Å². The van der Waals surface area contributed by atoms with Crippen molar-refractivity contribution in [2.24, 2.45) is 4.99 Å². The van der Waals surface area contributed by atoms with Gasteiger partial charge in [0.1, 0.15) is 5.75 Å². The summed E-state index contributed by atoms with van der Waals surface area (Å²) < 4.78 is 16.8. The average Bonchev–Trinajstić information content (AvgIpc) is 2.83. The molecule has 1 aliphatic heterocycles. The molecule has 6 nitrogen and oxygen atoms in total. The second kappa shape index (κ2) is 13.0. The minimum absolute atomic E-state index is 0.322. The van der Waals surface area contributed by atoms with Crippen molar-refractivity contribution >= 4 is 5.96 Å². The van der Waals surface area contributed by atoms with Gasteiger partial charge in [-0.3, -0.25) is 0 Å². The third kappa shape index (κ3) is 7.89. The zero-order valence-electron chi connectivity index (χ0n) is 18.7. The third-order valence-corrected chi connectivity index (χ3v) is 5.32. The number of methoxy groups -OCH3 is 1. The van der Waals surface area contributed by atoms with Gasteiger partial charge in [0.25, 0.3) is 0 Å². The molecule has 0 spiro atoms. The Balaban J connectivity index is 1.46. The summed E-state index contributed by atoms with van der Waals surface area (Å²) >= 11 is 0. The van der Waals surface area contributed by atoms with E-state index >= 15 is 0 Å². The summed E-state index contributed by atoms with van der Waals surface area (Å²) in [6, 6.07) is 16.6. The molecular formula is C25H35N3O3. The number of hydrogen-bond donors (Lipinski definition) is 2. The summed E-state index contributed by atoms with van der Waals surface area (Å²) in [5, 5.41) is 6.73. The quantitative estimate of drug-likeness (QED) is 0.449. The van der Waals surface area contributed by atoms with Crippen LogP contribution >= 0.6 is 0 Å². The number of nitrogens with zero attached hydrogens (tertiary/aromatic N) is 1. The van der Waals surface area contributed by atoms with Gasteiger partial charge < -0.3 is 24.8 Å². The Hall–Kier alpha value is -2.57. The maximum Gasteiger partial charge on any atom is 0.191 e. The Kier molecular flexibility index (Phi) is 9.67.